The maximum absolute atomic E-state index is 3.45. The highest BCUT2D eigenvalue weighted by molar-refractivity contribution is 7.99. The first-order valence-corrected chi connectivity index (χ1v) is 7.30. The summed E-state index contributed by atoms with van der Waals surface area (Å²) in [5.41, 5.74) is 0. The van der Waals surface area contributed by atoms with Crippen LogP contribution in [-0.2, 0) is 0 Å². The van der Waals surface area contributed by atoms with Crippen molar-refractivity contribution in [3.05, 3.63) is 0 Å². The average Bonchev–Trinajstić information content (AvgIpc) is 2.69. The minimum atomic E-state index is 1.01. The van der Waals surface area contributed by atoms with Crippen LogP contribution in [0.1, 0.15) is 51.9 Å². The third-order valence-electron chi connectivity index (χ3n) is 2.83. The molecule has 1 N–H and O–H groups in total. The second-order valence-corrected chi connectivity index (χ2v) is 5.64. The van der Waals surface area contributed by atoms with E-state index in [1.165, 1.54) is 63.8 Å². The molecule has 0 radical (unpaired) electrons. The number of thioether (sulfide) groups is 1. The Labute approximate surface area is 93.4 Å². The monoisotopic (exact) mass is 215 g/mol. The minimum Gasteiger partial charge on any atom is -0.317 e. The summed E-state index contributed by atoms with van der Waals surface area (Å²) in [6.07, 6.45) is 9.96. The molecule has 0 spiro atoms. The predicted molar refractivity (Wildman–Crippen MR) is 67.1 cm³/mol. The molecule has 0 heterocycles. The first kappa shape index (κ1) is 12.4. The summed E-state index contributed by atoms with van der Waals surface area (Å²) in [4.78, 5) is 0. The quantitative estimate of drug-likeness (QED) is 0.623. The van der Waals surface area contributed by atoms with Crippen LogP contribution in [0.3, 0.4) is 0 Å². The lowest BCUT2D eigenvalue weighted by Gasteiger charge is -2.08. The summed E-state index contributed by atoms with van der Waals surface area (Å²) in [6, 6.07) is 0. The van der Waals surface area contributed by atoms with E-state index in [4.69, 9.17) is 0 Å². The van der Waals surface area contributed by atoms with E-state index in [2.05, 4.69) is 24.0 Å². The first-order valence-electron chi connectivity index (χ1n) is 6.26. The van der Waals surface area contributed by atoms with Crippen molar-refractivity contribution >= 4 is 11.8 Å². The Morgan fingerprint density at radius 2 is 1.93 bits per heavy atom. The normalized spacial score (nSPS) is 17.8. The highest BCUT2D eigenvalue weighted by atomic mass is 32.2. The second kappa shape index (κ2) is 8.60. The summed E-state index contributed by atoms with van der Waals surface area (Å²) >= 11 is 2.22. The molecule has 1 nitrogen and oxygen atoms in total. The van der Waals surface area contributed by atoms with Crippen molar-refractivity contribution in [3.8, 4) is 0 Å². The highest BCUT2D eigenvalue weighted by Gasteiger charge is 2.14. The molecule has 1 rings (SSSR count). The van der Waals surface area contributed by atoms with E-state index in [1.54, 1.807) is 0 Å². The Bertz CT molecular complexity index is 121. The molecule has 2 heteroatoms. The Hall–Kier alpha value is 0.310. The number of hydrogen-bond donors (Lipinski definition) is 1. The van der Waals surface area contributed by atoms with Crippen LogP contribution in [0.4, 0.5) is 0 Å². The summed E-state index contributed by atoms with van der Waals surface area (Å²) in [7, 11) is 0. The fourth-order valence-corrected chi connectivity index (χ4v) is 3.33. The predicted octanol–water partition coefficient (Wildman–Crippen LogP) is 3.44. The molecule has 0 bridgehead atoms. The van der Waals surface area contributed by atoms with E-state index in [9.17, 15) is 0 Å². The summed E-state index contributed by atoms with van der Waals surface area (Å²) in [5.74, 6) is 1.39. The Morgan fingerprint density at radius 3 is 2.64 bits per heavy atom. The molecule has 1 aliphatic rings. The van der Waals surface area contributed by atoms with Crippen molar-refractivity contribution in [1.29, 1.82) is 0 Å². The molecule has 0 unspecified atom stereocenters. The van der Waals surface area contributed by atoms with Crippen molar-refractivity contribution < 1.29 is 0 Å². The van der Waals surface area contributed by atoms with Gasteiger partial charge in [0.2, 0.25) is 0 Å². The summed E-state index contributed by atoms with van der Waals surface area (Å²) in [6.45, 7) is 4.64. The molecule has 1 fully saturated rings. The van der Waals surface area contributed by atoms with Gasteiger partial charge in [-0.15, -0.1) is 0 Å². The van der Waals surface area contributed by atoms with Gasteiger partial charge in [0.05, 0.1) is 0 Å². The van der Waals surface area contributed by atoms with Crippen molar-refractivity contribution in [2.45, 2.75) is 57.1 Å². The van der Waals surface area contributed by atoms with Gasteiger partial charge in [-0.1, -0.05) is 19.8 Å². The third kappa shape index (κ3) is 5.92. The van der Waals surface area contributed by atoms with E-state index < -0.39 is 0 Å². The van der Waals surface area contributed by atoms with Gasteiger partial charge in [-0.05, 0) is 50.9 Å². The van der Waals surface area contributed by atoms with Gasteiger partial charge in [0.25, 0.3) is 0 Å². The van der Waals surface area contributed by atoms with E-state index in [1.807, 2.05) is 0 Å². The smallest absolute Gasteiger partial charge is 0.00470 e. The lowest BCUT2D eigenvalue weighted by Crippen LogP contribution is -2.15. The maximum atomic E-state index is 3.45. The molecule has 0 aromatic heterocycles. The van der Waals surface area contributed by atoms with Crippen LogP contribution in [0.25, 0.3) is 0 Å². The SMILES string of the molecule is CCCNCCCCSC1CCCC1. The second-order valence-electron chi connectivity index (χ2n) is 4.23. The largest absolute Gasteiger partial charge is 0.317 e. The Morgan fingerprint density at radius 1 is 1.14 bits per heavy atom. The standard InChI is InChI=1S/C12H25NS/c1-2-9-13-10-5-6-11-14-12-7-3-4-8-12/h12-13H,2-11H2,1H3. The van der Waals surface area contributed by atoms with E-state index in [-0.39, 0.29) is 0 Å². The average molecular weight is 215 g/mol. The molecule has 14 heavy (non-hydrogen) atoms. The number of hydrogen-bond acceptors (Lipinski definition) is 2. The van der Waals surface area contributed by atoms with Crippen molar-refractivity contribution in [2.75, 3.05) is 18.8 Å². The molecule has 0 atom stereocenters. The van der Waals surface area contributed by atoms with Crippen LogP contribution in [0.15, 0.2) is 0 Å². The first-order chi connectivity index (χ1) is 6.93. The molecule has 0 aliphatic heterocycles. The molecule has 1 saturated carbocycles. The molecule has 0 aromatic carbocycles. The van der Waals surface area contributed by atoms with Gasteiger partial charge in [0.1, 0.15) is 0 Å². The van der Waals surface area contributed by atoms with Crippen molar-refractivity contribution in [1.82, 2.24) is 5.32 Å². The zero-order chi connectivity index (χ0) is 10.1. The molecular weight excluding hydrogens is 190 g/mol. The van der Waals surface area contributed by atoms with Crippen LogP contribution < -0.4 is 5.32 Å². The zero-order valence-corrected chi connectivity index (χ0v) is 10.4. The number of nitrogens with one attached hydrogen (secondary N) is 1. The Kier molecular flexibility index (Phi) is 7.61. The van der Waals surface area contributed by atoms with Crippen LogP contribution >= 0.6 is 11.8 Å². The van der Waals surface area contributed by atoms with Crippen LogP contribution in [0.2, 0.25) is 0 Å². The molecular formula is C12H25NS. The number of unbranched alkanes of at least 4 members (excludes halogenated alkanes) is 1. The topological polar surface area (TPSA) is 12.0 Å². The molecule has 0 saturated heterocycles. The van der Waals surface area contributed by atoms with Gasteiger partial charge in [-0.2, -0.15) is 11.8 Å². The molecule has 1 aliphatic carbocycles. The Balaban J connectivity index is 1.75. The molecule has 0 amide bonds. The van der Waals surface area contributed by atoms with Crippen molar-refractivity contribution in [3.63, 3.8) is 0 Å². The van der Waals surface area contributed by atoms with E-state index in [0.29, 0.717) is 0 Å². The van der Waals surface area contributed by atoms with Crippen molar-refractivity contribution in [2.24, 2.45) is 0 Å². The lowest BCUT2D eigenvalue weighted by atomic mass is 10.3. The number of rotatable bonds is 8. The lowest BCUT2D eigenvalue weighted by molar-refractivity contribution is 0.634. The summed E-state index contributed by atoms with van der Waals surface area (Å²) in [5, 5.41) is 4.47. The van der Waals surface area contributed by atoms with Crippen LogP contribution in [0.5, 0.6) is 0 Å². The van der Waals surface area contributed by atoms with Gasteiger partial charge in [0, 0.05) is 5.25 Å². The van der Waals surface area contributed by atoms with Crippen LogP contribution in [-0.4, -0.2) is 24.1 Å². The molecule has 84 valence electrons. The van der Waals surface area contributed by atoms with Gasteiger partial charge in [-0.25, -0.2) is 0 Å². The fraction of sp³-hybridized carbons (Fsp3) is 1.00. The highest BCUT2D eigenvalue weighted by Crippen LogP contribution is 2.29. The van der Waals surface area contributed by atoms with E-state index >= 15 is 0 Å². The van der Waals surface area contributed by atoms with Gasteiger partial charge < -0.3 is 5.32 Å². The minimum absolute atomic E-state index is 1.01. The third-order valence-corrected chi connectivity index (χ3v) is 4.30. The summed E-state index contributed by atoms with van der Waals surface area (Å²) < 4.78 is 0. The fourth-order valence-electron chi connectivity index (χ4n) is 1.96. The van der Waals surface area contributed by atoms with Gasteiger partial charge in [-0.3, -0.25) is 0 Å². The van der Waals surface area contributed by atoms with Crippen LogP contribution in [0, 0.1) is 0 Å². The zero-order valence-electron chi connectivity index (χ0n) is 9.56. The van der Waals surface area contributed by atoms with Gasteiger partial charge >= 0.3 is 0 Å². The van der Waals surface area contributed by atoms with E-state index in [0.717, 1.165) is 5.25 Å². The molecule has 0 aromatic rings. The van der Waals surface area contributed by atoms with Gasteiger partial charge in [0.15, 0.2) is 0 Å². The maximum Gasteiger partial charge on any atom is 0.00470 e.